The largest absolute Gasteiger partial charge is 0.870 e. The van der Waals surface area contributed by atoms with Gasteiger partial charge in [0.2, 0.25) is 0 Å². The maximum Gasteiger partial charge on any atom is 0.144 e. The molecule has 1 aromatic carbocycles. The summed E-state index contributed by atoms with van der Waals surface area (Å²) >= 11 is 0. The van der Waals surface area contributed by atoms with Crippen LogP contribution in [0.2, 0.25) is 0 Å². The van der Waals surface area contributed by atoms with Crippen molar-refractivity contribution in [3.8, 4) is 11.5 Å². The Morgan fingerprint density at radius 3 is 2.55 bits per heavy atom. The van der Waals surface area contributed by atoms with Crippen molar-refractivity contribution >= 4 is 8.60 Å². The van der Waals surface area contributed by atoms with Crippen molar-refractivity contribution in [2.75, 3.05) is 0 Å². The Kier molecular flexibility index (Phi) is 2.65. The van der Waals surface area contributed by atoms with E-state index in [-0.39, 0.29) is 5.75 Å². The Bertz CT molecular complexity index is 238. The van der Waals surface area contributed by atoms with E-state index in [1.165, 1.54) is 18.2 Å². The van der Waals surface area contributed by atoms with E-state index in [0.29, 0.717) is 0 Å². The highest BCUT2D eigenvalue weighted by molar-refractivity contribution is 7.38. The first kappa shape index (κ1) is 8.27. The van der Waals surface area contributed by atoms with Crippen molar-refractivity contribution in [2.24, 2.45) is 0 Å². The fraction of sp³-hybridized carbons (Fsp3) is 0. The van der Waals surface area contributed by atoms with E-state index in [9.17, 15) is 10.00 Å². The van der Waals surface area contributed by atoms with Crippen molar-refractivity contribution in [3.05, 3.63) is 24.3 Å². The highest BCUT2D eigenvalue weighted by Gasteiger charge is 1.93. The lowest BCUT2D eigenvalue weighted by atomic mass is 10.3. The van der Waals surface area contributed by atoms with Crippen LogP contribution in [0.4, 0.5) is 0 Å². The predicted octanol–water partition coefficient (Wildman–Crippen LogP) is -0.282. The Morgan fingerprint density at radius 1 is 1.36 bits per heavy atom. The van der Waals surface area contributed by atoms with Crippen LogP contribution in [0, 0.1) is 0 Å². The summed E-state index contributed by atoms with van der Waals surface area (Å²) in [5.74, 6) is -0.499. The molecule has 0 aliphatic heterocycles. The molecule has 0 heterocycles. The first-order valence-electron chi connectivity index (χ1n) is 2.80. The first-order valence-corrected chi connectivity index (χ1v) is 3.93. The molecule has 0 radical (unpaired) electrons. The first-order chi connectivity index (χ1) is 5.20. The van der Waals surface area contributed by atoms with E-state index < -0.39 is 14.4 Å². The molecule has 1 unspecified atom stereocenters. The molecule has 0 saturated carbocycles. The normalized spacial score (nSPS) is 12.5. The van der Waals surface area contributed by atoms with Crippen LogP contribution in [0.1, 0.15) is 0 Å². The van der Waals surface area contributed by atoms with Crippen LogP contribution in [0.15, 0.2) is 24.3 Å². The molecule has 1 rings (SSSR count). The van der Waals surface area contributed by atoms with E-state index in [1.807, 2.05) is 0 Å². The van der Waals surface area contributed by atoms with Gasteiger partial charge in [-0.1, -0.05) is 23.9 Å². The highest BCUT2D eigenvalue weighted by Crippen LogP contribution is 2.30. The lowest BCUT2D eigenvalue weighted by Crippen LogP contribution is -2.02. The standard InChI is InChI=1S/C6H6O4P/c7-5-3-1-2-4-6(5)10-11(8)9/h1-4,7-8H/q-1/p-1. The number of rotatable bonds is 2. The summed E-state index contributed by atoms with van der Waals surface area (Å²) in [4.78, 5) is 18.4. The third kappa shape index (κ3) is 2.35. The average molecular weight is 172 g/mol. The molecule has 4 nitrogen and oxygen atoms in total. The maximum atomic E-state index is 10.8. The summed E-state index contributed by atoms with van der Waals surface area (Å²) in [7, 11) is -2.74. The molecule has 1 N–H and O–H groups in total. The van der Waals surface area contributed by atoms with E-state index in [0.717, 1.165) is 0 Å². The van der Waals surface area contributed by atoms with Crippen LogP contribution in [-0.4, -0.2) is 4.89 Å². The molecule has 0 aliphatic rings. The Hall–Kier alpha value is -0.830. The van der Waals surface area contributed by atoms with Crippen LogP contribution in [0.25, 0.3) is 0 Å². The fourth-order valence-corrected chi connectivity index (χ4v) is 0.929. The van der Waals surface area contributed by atoms with Gasteiger partial charge >= 0.3 is 0 Å². The Morgan fingerprint density at radius 2 is 2.00 bits per heavy atom. The van der Waals surface area contributed by atoms with Gasteiger partial charge in [0.25, 0.3) is 0 Å². The summed E-state index contributed by atoms with van der Waals surface area (Å²) in [5.41, 5.74) is 0. The number of hydrogen-bond donors (Lipinski definition) is 1. The topological polar surface area (TPSA) is 75.6 Å². The van der Waals surface area contributed by atoms with Gasteiger partial charge in [0.05, 0.1) is 0 Å². The molecule has 0 aliphatic carbocycles. The van der Waals surface area contributed by atoms with E-state index in [2.05, 4.69) is 4.52 Å². The van der Waals surface area contributed by atoms with Gasteiger partial charge in [0.1, 0.15) is 14.4 Å². The minimum Gasteiger partial charge on any atom is -0.870 e. The molecule has 0 fully saturated rings. The number of para-hydroxylation sites is 2. The summed E-state index contributed by atoms with van der Waals surface area (Å²) in [6.07, 6.45) is 0. The second kappa shape index (κ2) is 3.53. The van der Waals surface area contributed by atoms with Crippen LogP contribution in [0.5, 0.6) is 11.5 Å². The van der Waals surface area contributed by atoms with Gasteiger partial charge in [-0.25, -0.2) is 0 Å². The van der Waals surface area contributed by atoms with Gasteiger partial charge in [-0.05, 0) is 6.07 Å². The van der Waals surface area contributed by atoms with Crippen LogP contribution < -0.4 is 14.5 Å². The van der Waals surface area contributed by atoms with E-state index in [1.54, 1.807) is 6.07 Å². The van der Waals surface area contributed by atoms with Gasteiger partial charge in [-0.15, -0.1) is 0 Å². The number of benzene rings is 1. The third-order valence-corrected chi connectivity index (χ3v) is 1.38. The van der Waals surface area contributed by atoms with Crippen molar-refractivity contribution in [3.63, 3.8) is 0 Å². The zero-order chi connectivity index (χ0) is 8.27. The zero-order valence-corrected chi connectivity index (χ0v) is 6.32. The quantitative estimate of drug-likeness (QED) is 0.622. The molecule has 0 spiro atoms. The predicted molar refractivity (Wildman–Crippen MR) is 35.7 cm³/mol. The molecule has 60 valence electrons. The second-order valence-corrected chi connectivity index (χ2v) is 2.43. The molecular formula is C6H5O4P-2. The van der Waals surface area contributed by atoms with Gasteiger partial charge in [0.15, 0.2) is 0 Å². The summed E-state index contributed by atoms with van der Waals surface area (Å²) in [6.45, 7) is 0. The maximum absolute atomic E-state index is 10.8. The van der Waals surface area contributed by atoms with Crippen molar-refractivity contribution < 1.29 is 19.4 Å². The lowest BCUT2D eigenvalue weighted by Gasteiger charge is -2.19. The lowest BCUT2D eigenvalue weighted by molar-refractivity contribution is -0.270. The Balaban J connectivity index is 2.78. The van der Waals surface area contributed by atoms with Crippen LogP contribution in [-0.2, 0) is 0 Å². The summed E-state index contributed by atoms with van der Waals surface area (Å²) in [5, 5.41) is 10.8. The highest BCUT2D eigenvalue weighted by atomic mass is 31.2. The molecule has 1 atom stereocenters. The average Bonchev–Trinajstić information content (AvgIpc) is 1.93. The molecule has 0 bridgehead atoms. The minimum absolute atomic E-state index is 0.101. The summed E-state index contributed by atoms with van der Waals surface area (Å²) < 4.78 is 4.30. The minimum atomic E-state index is -2.74. The molecule has 0 aromatic heterocycles. The van der Waals surface area contributed by atoms with E-state index >= 15 is 0 Å². The van der Waals surface area contributed by atoms with Crippen LogP contribution >= 0.6 is 8.60 Å². The molecule has 0 amide bonds. The number of hydrogen-bond acceptors (Lipinski definition) is 4. The van der Waals surface area contributed by atoms with Gasteiger partial charge in [0, 0.05) is 0 Å². The SMILES string of the molecule is [O-]c1ccccc1OP([O-])O. The molecule has 0 saturated heterocycles. The van der Waals surface area contributed by atoms with Crippen molar-refractivity contribution in [1.29, 1.82) is 0 Å². The molecule has 1 aromatic rings. The molecular weight excluding hydrogens is 167 g/mol. The van der Waals surface area contributed by atoms with Crippen molar-refractivity contribution in [1.82, 2.24) is 0 Å². The monoisotopic (exact) mass is 172 g/mol. The summed E-state index contributed by atoms with van der Waals surface area (Å²) in [6, 6.07) is 5.68. The zero-order valence-electron chi connectivity index (χ0n) is 5.43. The van der Waals surface area contributed by atoms with E-state index in [4.69, 9.17) is 4.89 Å². The molecule has 5 heteroatoms. The fourth-order valence-electron chi connectivity index (χ4n) is 0.610. The van der Waals surface area contributed by atoms with Gasteiger partial charge < -0.3 is 19.4 Å². The van der Waals surface area contributed by atoms with Gasteiger partial charge in [-0.2, -0.15) is 0 Å². The molecule has 11 heavy (non-hydrogen) atoms. The van der Waals surface area contributed by atoms with Gasteiger partial charge in [-0.3, -0.25) is 0 Å². The Labute approximate surface area is 64.7 Å². The second-order valence-electron chi connectivity index (χ2n) is 1.78. The third-order valence-electron chi connectivity index (χ3n) is 1.03. The van der Waals surface area contributed by atoms with Crippen molar-refractivity contribution in [2.45, 2.75) is 0 Å². The smallest absolute Gasteiger partial charge is 0.144 e. The van der Waals surface area contributed by atoms with Crippen LogP contribution in [0.3, 0.4) is 0 Å².